The van der Waals surface area contributed by atoms with Crippen molar-refractivity contribution in [2.45, 2.75) is 19.9 Å². The lowest BCUT2D eigenvalue weighted by Crippen LogP contribution is -2.32. The van der Waals surface area contributed by atoms with Crippen molar-refractivity contribution in [3.8, 4) is 11.5 Å². The number of ether oxygens (including phenoxy) is 3. The molecule has 1 aliphatic heterocycles. The molecule has 0 saturated carbocycles. The number of Topliss-reactive ketones (excluding diaryl/α,β-unsaturated/α-hetero) is 1. The number of methoxy groups -OCH3 is 1. The highest BCUT2D eigenvalue weighted by atomic mass is 16.5. The van der Waals surface area contributed by atoms with Gasteiger partial charge in [-0.15, -0.1) is 0 Å². The van der Waals surface area contributed by atoms with Crippen LogP contribution in [0.5, 0.6) is 11.5 Å². The van der Waals surface area contributed by atoms with Crippen LogP contribution in [0.15, 0.2) is 54.1 Å². The van der Waals surface area contributed by atoms with Gasteiger partial charge in [-0.05, 0) is 55.8 Å². The van der Waals surface area contributed by atoms with Crippen molar-refractivity contribution in [1.82, 2.24) is 4.90 Å². The maximum atomic E-state index is 12.9. The molecule has 2 aromatic rings. The predicted octanol–water partition coefficient (Wildman–Crippen LogP) is 3.55. The molecule has 0 bridgehead atoms. The second kappa shape index (κ2) is 10.1. The first kappa shape index (κ1) is 22.4. The van der Waals surface area contributed by atoms with E-state index in [1.54, 1.807) is 48.5 Å². The maximum Gasteiger partial charge on any atom is 0.295 e. The quantitative estimate of drug-likeness (QED) is 0.376. The van der Waals surface area contributed by atoms with Crippen LogP contribution < -0.4 is 9.47 Å². The fourth-order valence-electron chi connectivity index (χ4n) is 3.59. The molecule has 164 valence electrons. The first-order valence-corrected chi connectivity index (χ1v) is 10.2. The van der Waals surface area contributed by atoms with Gasteiger partial charge in [0.1, 0.15) is 17.3 Å². The molecule has 1 aliphatic rings. The summed E-state index contributed by atoms with van der Waals surface area (Å²) in [6.07, 6.45) is 0. The number of amides is 1. The third-order valence-corrected chi connectivity index (χ3v) is 5.02. The molecule has 1 saturated heterocycles. The molecule has 1 amide bonds. The van der Waals surface area contributed by atoms with E-state index >= 15 is 0 Å². The molecule has 1 unspecified atom stereocenters. The molecule has 1 heterocycles. The van der Waals surface area contributed by atoms with Crippen molar-refractivity contribution in [3.05, 3.63) is 65.2 Å². The van der Waals surface area contributed by atoms with E-state index in [4.69, 9.17) is 14.2 Å². The van der Waals surface area contributed by atoms with E-state index in [0.29, 0.717) is 35.8 Å². The van der Waals surface area contributed by atoms with Gasteiger partial charge >= 0.3 is 0 Å². The molecule has 2 aromatic carbocycles. The van der Waals surface area contributed by atoms with Gasteiger partial charge in [-0.2, -0.15) is 0 Å². The molecular formula is C24H27NO6. The summed E-state index contributed by atoms with van der Waals surface area (Å²) in [4.78, 5) is 27.1. The monoisotopic (exact) mass is 425 g/mol. The molecule has 7 heteroatoms. The molecular weight excluding hydrogens is 398 g/mol. The van der Waals surface area contributed by atoms with Gasteiger partial charge < -0.3 is 24.2 Å². The van der Waals surface area contributed by atoms with Crippen molar-refractivity contribution >= 4 is 17.4 Å². The van der Waals surface area contributed by atoms with Gasteiger partial charge in [0, 0.05) is 19.2 Å². The van der Waals surface area contributed by atoms with Crippen LogP contribution in [-0.2, 0) is 14.3 Å². The third-order valence-electron chi connectivity index (χ3n) is 5.02. The van der Waals surface area contributed by atoms with Gasteiger partial charge in [-0.25, -0.2) is 0 Å². The highest BCUT2D eigenvalue weighted by molar-refractivity contribution is 6.46. The van der Waals surface area contributed by atoms with Crippen molar-refractivity contribution < 1.29 is 28.9 Å². The lowest BCUT2D eigenvalue weighted by Gasteiger charge is -2.25. The van der Waals surface area contributed by atoms with Gasteiger partial charge in [0.25, 0.3) is 11.7 Å². The summed E-state index contributed by atoms with van der Waals surface area (Å²) in [5.41, 5.74) is 1.18. The highest BCUT2D eigenvalue weighted by Crippen LogP contribution is 2.39. The fourth-order valence-corrected chi connectivity index (χ4v) is 3.59. The van der Waals surface area contributed by atoms with E-state index in [2.05, 4.69) is 0 Å². The minimum Gasteiger partial charge on any atom is -0.507 e. The smallest absolute Gasteiger partial charge is 0.295 e. The van der Waals surface area contributed by atoms with Gasteiger partial charge in [0.15, 0.2) is 0 Å². The van der Waals surface area contributed by atoms with Crippen LogP contribution in [-0.4, -0.2) is 55.2 Å². The molecule has 0 radical (unpaired) electrons. The number of hydrogen-bond donors (Lipinski definition) is 1. The van der Waals surface area contributed by atoms with E-state index in [-0.39, 0.29) is 24.5 Å². The summed E-state index contributed by atoms with van der Waals surface area (Å²) in [5, 5.41) is 11.0. The molecule has 3 rings (SSSR count). The largest absolute Gasteiger partial charge is 0.507 e. The molecule has 7 nitrogen and oxygen atoms in total. The number of carbonyl (C=O) groups is 2. The lowest BCUT2D eigenvalue weighted by molar-refractivity contribution is -0.140. The zero-order chi connectivity index (χ0) is 22.4. The highest BCUT2D eigenvalue weighted by Gasteiger charge is 2.45. The molecule has 1 N–H and O–H groups in total. The SMILES string of the molecule is CCOc1ccc(/C(O)=C2/C(=O)C(=O)N(CCOC)C2c2ccc(OCC)cc2)cc1. The van der Waals surface area contributed by atoms with Gasteiger partial charge in [0.2, 0.25) is 0 Å². The summed E-state index contributed by atoms with van der Waals surface area (Å²) in [5.74, 6) is -0.265. The zero-order valence-corrected chi connectivity index (χ0v) is 18.0. The average Bonchev–Trinajstić information content (AvgIpc) is 3.03. The average molecular weight is 425 g/mol. The Morgan fingerprint density at radius 1 is 0.935 bits per heavy atom. The molecule has 0 aromatic heterocycles. The van der Waals surface area contributed by atoms with Crippen LogP contribution >= 0.6 is 0 Å². The molecule has 0 spiro atoms. The summed E-state index contributed by atoms with van der Waals surface area (Å²) < 4.78 is 16.0. The number of carbonyl (C=O) groups excluding carboxylic acids is 2. The van der Waals surface area contributed by atoms with E-state index in [0.717, 1.165) is 0 Å². The number of aliphatic hydroxyl groups is 1. The number of hydrogen-bond acceptors (Lipinski definition) is 6. The first-order valence-electron chi connectivity index (χ1n) is 10.2. The Bertz CT molecular complexity index is 949. The maximum absolute atomic E-state index is 12.9. The fraction of sp³-hybridized carbons (Fsp3) is 0.333. The number of likely N-dealkylation sites (tertiary alicyclic amines) is 1. The second-order valence-electron chi connectivity index (χ2n) is 6.94. The van der Waals surface area contributed by atoms with Crippen molar-refractivity contribution in [2.24, 2.45) is 0 Å². The van der Waals surface area contributed by atoms with Gasteiger partial charge in [-0.1, -0.05) is 12.1 Å². The Labute approximate surface area is 181 Å². The third kappa shape index (κ3) is 4.72. The van der Waals surface area contributed by atoms with E-state index < -0.39 is 17.7 Å². The number of aliphatic hydroxyl groups excluding tert-OH is 1. The molecule has 1 atom stereocenters. The van der Waals surface area contributed by atoms with Crippen LogP contribution in [0, 0.1) is 0 Å². The standard InChI is InChI=1S/C24H27NO6/c1-4-30-18-10-6-16(7-11-18)21-20(23(27)24(28)25(21)14-15-29-3)22(26)17-8-12-19(13-9-17)31-5-2/h6-13,21,26H,4-5,14-15H2,1-3H3/b22-20-. The second-order valence-corrected chi connectivity index (χ2v) is 6.94. The summed E-state index contributed by atoms with van der Waals surface area (Å²) in [7, 11) is 1.53. The molecule has 1 fully saturated rings. The molecule has 31 heavy (non-hydrogen) atoms. The number of ketones is 1. The number of nitrogens with zero attached hydrogens (tertiary/aromatic N) is 1. The van der Waals surface area contributed by atoms with Crippen LogP contribution in [0.3, 0.4) is 0 Å². The summed E-state index contributed by atoms with van der Waals surface area (Å²) in [6, 6.07) is 13.2. The van der Waals surface area contributed by atoms with Crippen molar-refractivity contribution in [1.29, 1.82) is 0 Å². The van der Waals surface area contributed by atoms with Crippen LogP contribution in [0.2, 0.25) is 0 Å². The Hall–Kier alpha value is -3.32. The Morgan fingerprint density at radius 3 is 2.00 bits per heavy atom. The van der Waals surface area contributed by atoms with E-state index in [1.807, 2.05) is 13.8 Å². The normalized spacial score (nSPS) is 17.8. The van der Waals surface area contributed by atoms with Crippen LogP contribution in [0.1, 0.15) is 31.0 Å². The van der Waals surface area contributed by atoms with E-state index in [1.165, 1.54) is 12.0 Å². The van der Waals surface area contributed by atoms with Crippen LogP contribution in [0.4, 0.5) is 0 Å². The Morgan fingerprint density at radius 2 is 1.48 bits per heavy atom. The van der Waals surface area contributed by atoms with Crippen molar-refractivity contribution in [2.75, 3.05) is 33.5 Å². The summed E-state index contributed by atoms with van der Waals surface area (Å²) in [6.45, 7) is 5.32. The Balaban J connectivity index is 2.06. The lowest BCUT2D eigenvalue weighted by atomic mass is 9.95. The topological polar surface area (TPSA) is 85.3 Å². The molecule has 0 aliphatic carbocycles. The van der Waals surface area contributed by atoms with Gasteiger partial charge in [-0.3, -0.25) is 9.59 Å². The predicted molar refractivity (Wildman–Crippen MR) is 116 cm³/mol. The number of rotatable bonds is 9. The Kier molecular flexibility index (Phi) is 7.31. The minimum absolute atomic E-state index is 0.0504. The van der Waals surface area contributed by atoms with Gasteiger partial charge in [0.05, 0.1) is 31.4 Å². The van der Waals surface area contributed by atoms with Crippen LogP contribution in [0.25, 0.3) is 5.76 Å². The summed E-state index contributed by atoms with van der Waals surface area (Å²) >= 11 is 0. The zero-order valence-electron chi connectivity index (χ0n) is 18.0. The number of benzene rings is 2. The first-order chi connectivity index (χ1) is 15.0. The minimum atomic E-state index is -0.725. The van der Waals surface area contributed by atoms with E-state index in [9.17, 15) is 14.7 Å². The van der Waals surface area contributed by atoms with Crippen molar-refractivity contribution in [3.63, 3.8) is 0 Å².